The number of hydrogen-bond donors (Lipinski definition) is 0. The molecule has 0 atom stereocenters. The second kappa shape index (κ2) is 5.33. The summed E-state index contributed by atoms with van der Waals surface area (Å²) in [5.41, 5.74) is 4.27. The number of hydrogen-bond acceptors (Lipinski definition) is 4. The highest BCUT2D eigenvalue weighted by Gasteiger charge is 2.28. The molecule has 4 rings (SSSR count). The van der Waals surface area contributed by atoms with Gasteiger partial charge in [-0.25, -0.2) is 0 Å². The van der Waals surface area contributed by atoms with Crippen LogP contribution in [0.1, 0.15) is 49.8 Å². The van der Waals surface area contributed by atoms with Crippen molar-refractivity contribution in [2.75, 3.05) is 0 Å². The van der Waals surface area contributed by atoms with Gasteiger partial charge in [0.05, 0.1) is 0 Å². The molecule has 0 bridgehead atoms. The van der Waals surface area contributed by atoms with Gasteiger partial charge < -0.3 is 4.52 Å². The van der Waals surface area contributed by atoms with Crippen molar-refractivity contribution >= 4 is 0 Å². The Morgan fingerprint density at radius 2 is 1.91 bits per heavy atom. The summed E-state index contributed by atoms with van der Waals surface area (Å²) in [7, 11) is 1.97. The molecule has 5 heteroatoms. The Morgan fingerprint density at radius 3 is 2.57 bits per heavy atom. The zero-order valence-corrected chi connectivity index (χ0v) is 13.7. The lowest BCUT2D eigenvalue weighted by Crippen LogP contribution is -1.95. The van der Waals surface area contributed by atoms with Crippen LogP contribution in [0.5, 0.6) is 0 Å². The molecular weight excluding hydrogens is 288 g/mol. The first-order valence-corrected chi connectivity index (χ1v) is 8.10. The molecule has 2 aromatic heterocycles. The van der Waals surface area contributed by atoms with Crippen molar-refractivity contribution < 1.29 is 4.52 Å². The molecule has 1 saturated carbocycles. The predicted molar refractivity (Wildman–Crippen MR) is 88.0 cm³/mol. The van der Waals surface area contributed by atoms with E-state index < -0.39 is 0 Å². The monoisotopic (exact) mass is 308 g/mol. The zero-order valence-electron chi connectivity index (χ0n) is 13.7. The molecule has 0 aliphatic heterocycles. The lowest BCUT2D eigenvalue weighted by molar-refractivity contribution is 0.430. The maximum Gasteiger partial charge on any atom is 0.278 e. The van der Waals surface area contributed by atoms with Crippen LogP contribution in [0.25, 0.3) is 23.0 Å². The van der Waals surface area contributed by atoms with Crippen LogP contribution >= 0.6 is 0 Å². The van der Waals surface area contributed by atoms with E-state index in [0.29, 0.717) is 23.6 Å². The third-order valence-corrected chi connectivity index (χ3v) is 4.39. The zero-order chi connectivity index (χ0) is 16.0. The minimum atomic E-state index is 0.482. The minimum Gasteiger partial charge on any atom is -0.332 e. The lowest BCUT2D eigenvalue weighted by atomic mass is 10.0. The third-order valence-electron chi connectivity index (χ3n) is 4.39. The van der Waals surface area contributed by atoms with Gasteiger partial charge in [-0.15, -0.1) is 0 Å². The molecule has 0 spiro atoms. The smallest absolute Gasteiger partial charge is 0.278 e. The highest BCUT2D eigenvalue weighted by atomic mass is 16.5. The van der Waals surface area contributed by atoms with Crippen LogP contribution in [0.4, 0.5) is 0 Å². The second-order valence-corrected chi connectivity index (χ2v) is 6.55. The second-order valence-electron chi connectivity index (χ2n) is 6.55. The van der Waals surface area contributed by atoms with Crippen LogP contribution in [0, 0.1) is 0 Å². The Bertz CT molecular complexity index is 825. The largest absolute Gasteiger partial charge is 0.332 e. The summed E-state index contributed by atoms with van der Waals surface area (Å²) in [4.78, 5) is 4.51. The summed E-state index contributed by atoms with van der Waals surface area (Å²) in [6, 6.07) is 10.4. The van der Waals surface area contributed by atoms with E-state index >= 15 is 0 Å². The van der Waals surface area contributed by atoms with Gasteiger partial charge in [-0.3, -0.25) is 4.68 Å². The number of benzene rings is 1. The Morgan fingerprint density at radius 1 is 1.17 bits per heavy atom. The van der Waals surface area contributed by atoms with Crippen molar-refractivity contribution in [2.45, 2.75) is 38.5 Å². The van der Waals surface area contributed by atoms with Gasteiger partial charge >= 0.3 is 0 Å². The third kappa shape index (κ3) is 2.67. The molecule has 5 nitrogen and oxygen atoms in total. The fourth-order valence-corrected chi connectivity index (χ4v) is 2.81. The predicted octanol–water partition coefficient (Wildman–Crippen LogP) is 4.14. The molecule has 1 aliphatic carbocycles. The van der Waals surface area contributed by atoms with Crippen LogP contribution < -0.4 is 0 Å². The molecular formula is C18H20N4O. The first kappa shape index (κ1) is 14.2. The molecule has 1 fully saturated rings. The van der Waals surface area contributed by atoms with Crippen molar-refractivity contribution in [3.05, 3.63) is 41.6 Å². The summed E-state index contributed by atoms with van der Waals surface area (Å²) in [6.45, 7) is 4.36. The number of aryl methyl sites for hydroxylation is 1. The fourth-order valence-electron chi connectivity index (χ4n) is 2.81. The first-order chi connectivity index (χ1) is 11.1. The molecule has 0 radical (unpaired) electrons. The molecule has 1 aromatic carbocycles. The summed E-state index contributed by atoms with van der Waals surface area (Å²) in [6.07, 6.45) is 2.49. The van der Waals surface area contributed by atoms with E-state index in [0.717, 1.165) is 11.3 Å². The molecule has 118 valence electrons. The Hall–Kier alpha value is -2.43. The van der Waals surface area contributed by atoms with Crippen molar-refractivity contribution in [1.82, 2.24) is 19.9 Å². The van der Waals surface area contributed by atoms with Crippen molar-refractivity contribution in [3.63, 3.8) is 0 Å². The number of aromatic nitrogens is 4. The van der Waals surface area contributed by atoms with Crippen molar-refractivity contribution in [1.29, 1.82) is 0 Å². The highest BCUT2D eigenvalue weighted by molar-refractivity contribution is 5.58. The van der Waals surface area contributed by atoms with Crippen LogP contribution in [0.3, 0.4) is 0 Å². The number of nitrogens with zero attached hydrogens (tertiary/aromatic N) is 4. The van der Waals surface area contributed by atoms with E-state index in [1.165, 1.54) is 24.1 Å². The van der Waals surface area contributed by atoms with Crippen molar-refractivity contribution in [2.24, 2.45) is 7.05 Å². The minimum absolute atomic E-state index is 0.482. The van der Waals surface area contributed by atoms with Crippen LogP contribution in [-0.2, 0) is 7.05 Å². The van der Waals surface area contributed by atoms with Gasteiger partial charge in [-0.2, -0.15) is 10.1 Å². The van der Waals surface area contributed by atoms with Gasteiger partial charge in [0.25, 0.3) is 5.89 Å². The molecule has 23 heavy (non-hydrogen) atoms. The van der Waals surface area contributed by atoms with Crippen LogP contribution in [-0.4, -0.2) is 19.9 Å². The highest BCUT2D eigenvalue weighted by Crippen LogP contribution is 2.40. The summed E-state index contributed by atoms with van der Waals surface area (Å²) >= 11 is 0. The average Bonchev–Trinajstić information content (AvgIpc) is 3.13. The normalized spacial score (nSPS) is 14.6. The summed E-state index contributed by atoms with van der Waals surface area (Å²) < 4.78 is 7.34. The molecule has 2 heterocycles. The van der Waals surface area contributed by atoms with Gasteiger partial charge in [0.2, 0.25) is 5.82 Å². The molecule has 0 N–H and O–H groups in total. The molecule has 3 aromatic rings. The standard InChI is InChI=1S/C18H20N4O/c1-11(2)12-4-8-14(9-5-12)17-19-18(23-21-17)15-10-16(13-6-7-13)22(3)20-15/h4-5,8-11,13H,6-7H2,1-3H3. The van der Waals surface area contributed by atoms with E-state index in [4.69, 9.17) is 4.52 Å². The summed E-state index contributed by atoms with van der Waals surface area (Å²) in [5.74, 6) is 2.25. The lowest BCUT2D eigenvalue weighted by Gasteiger charge is -2.04. The van der Waals surface area contributed by atoms with E-state index in [9.17, 15) is 0 Å². The first-order valence-electron chi connectivity index (χ1n) is 8.10. The Balaban J connectivity index is 1.62. The van der Waals surface area contributed by atoms with Crippen LogP contribution in [0.2, 0.25) is 0 Å². The number of rotatable bonds is 4. The molecule has 0 unspecified atom stereocenters. The quantitative estimate of drug-likeness (QED) is 0.727. The van der Waals surface area contributed by atoms with E-state index in [2.05, 4.69) is 47.3 Å². The molecule has 0 saturated heterocycles. The molecule has 0 amide bonds. The Labute approximate surface area is 135 Å². The Kier molecular flexibility index (Phi) is 3.29. The fraction of sp³-hybridized carbons (Fsp3) is 0.389. The van der Waals surface area contributed by atoms with Gasteiger partial charge in [0, 0.05) is 24.2 Å². The maximum absolute atomic E-state index is 5.41. The summed E-state index contributed by atoms with van der Waals surface area (Å²) in [5, 5.41) is 8.61. The van der Waals surface area contributed by atoms with E-state index in [-0.39, 0.29) is 0 Å². The van der Waals surface area contributed by atoms with Gasteiger partial charge in [0.15, 0.2) is 5.69 Å². The topological polar surface area (TPSA) is 56.7 Å². The molecule has 1 aliphatic rings. The van der Waals surface area contributed by atoms with Crippen molar-refractivity contribution in [3.8, 4) is 23.0 Å². The van der Waals surface area contributed by atoms with Gasteiger partial charge in [0.1, 0.15) is 0 Å². The average molecular weight is 308 g/mol. The van der Waals surface area contributed by atoms with Gasteiger partial charge in [-0.1, -0.05) is 43.3 Å². The van der Waals surface area contributed by atoms with Gasteiger partial charge in [-0.05, 0) is 30.4 Å². The maximum atomic E-state index is 5.41. The van der Waals surface area contributed by atoms with E-state index in [1.807, 2.05) is 23.9 Å². The van der Waals surface area contributed by atoms with E-state index in [1.54, 1.807) is 0 Å². The SMILES string of the molecule is CC(C)c1ccc(-c2noc(-c3cc(C4CC4)n(C)n3)n2)cc1. The van der Waals surface area contributed by atoms with Crippen LogP contribution in [0.15, 0.2) is 34.9 Å².